The molecule has 0 aliphatic rings. The summed E-state index contributed by atoms with van der Waals surface area (Å²) in [4.78, 5) is 22.6. The zero-order chi connectivity index (χ0) is 19.2. The Hall–Kier alpha value is -1.31. The molecule has 0 saturated heterocycles. The molecular weight excluding hydrogens is 433 g/mol. The predicted octanol–water partition coefficient (Wildman–Crippen LogP) is 5.45. The highest BCUT2D eigenvalue weighted by Gasteiger charge is 2.19. The van der Waals surface area contributed by atoms with Crippen molar-refractivity contribution in [3.63, 3.8) is 0 Å². The van der Waals surface area contributed by atoms with E-state index in [0.717, 1.165) is 33.2 Å². The zero-order valence-electron chi connectivity index (χ0n) is 15.8. The lowest BCUT2D eigenvalue weighted by molar-refractivity contribution is -0.116. The van der Waals surface area contributed by atoms with Crippen LogP contribution in [0.1, 0.15) is 6.42 Å². The van der Waals surface area contributed by atoms with E-state index in [9.17, 15) is 4.79 Å². The molecule has 0 aliphatic heterocycles. The summed E-state index contributed by atoms with van der Waals surface area (Å²) in [7, 11) is 4.08. The van der Waals surface area contributed by atoms with E-state index in [1.165, 1.54) is 11.8 Å². The highest BCUT2D eigenvalue weighted by atomic mass is 35.5. The molecule has 1 amide bonds. The fourth-order valence-electron chi connectivity index (χ4n) is 2.60. The number of halogens is 2. The summed E-state index contributed by atoms with van der Waals surface area (Å²) in [6, 6.07) is 15.6. The first-order chi connectivity index (χ1) is 13.0. The summed E-state index contributed by atoms with van der Waals surface area (Å²) in [6.07, 6.45) is 0.903. The van der Waals surface area contributed by atoms with Crippen LogP contribution in [0.5, 0.6) is 0 Å². The fourth-order valence-corrected chi connectivity index (χ4v) is 4.51. The van der Waals surface area contributed by atoms with Crippen LogP contribution < -0.4 is 4.90 Å². The van der Waals surface area contributed by atoms with E-state index in [4.69, 9.17) is 11.6 Å². The number of thiazole rings is 1. The molecule has 0 unspecified atom stereocenters. The molecule has 0 atom stereocenters. The number of thioether (sulfide) groups is 1. The molecule has 0 bridgehead atoms. The van der Waals surface area contributed by atoms with Crippen LogP contribution in [0.15, 0.2) is 53.4 Å². The molecule has 0 N–H and O–H groups in total. The van der Waals surface area contributed by atoms with E-state index in [0.29, 0.717) is 17.3 Å². The second-order valence-corrected chi connectivity index (χ2v) is 8.90. The van der Waals surface area contributed by atoms with E-state index in [-0.39, 0.29) is 18.3 Å². The Bertz CT molecular complexity index is 867. The minimum Gasteiger partial charge on any atom is -0.309 e. The predicted molar refractivity (Wildman–Crippen MR) is 125 cm³/mol. The molecule has 0 saturated carbocycles. The summed E-state index contributed by atoms with van der Waals surface area (Å²) in [5.74, 6) is 0.451. The molecule has 3 rings (SSSR count). The lowest BCUT2D eigenvalue weighted by Gasteiger charge is -2.21. The minimum atomic E-state index is 0. The molecule has 0 fully saturated rings. The van der Waals surface area contributed by atoms with Gasteiger partial charge in [0.15, 0.2) is 5.13 Å². The van der Waals surface area contributed by atoms with Crippen LogP contribution in [0.4, 0.5) is 5.13 Å². The van der Waals surface area contributed by atoms with Gasteiger partial charge in [-0.3, -0.25) is 9.69 Å². The maximum Gasteiger partial charge on any atom is 0.239 e. The number of aromatic nitrogens is 1. The Labute approximate surface area is 185 Å². The van der Waals surface area contributed by atoms with Crippen molar-refractivity contribution in [2.45, 2.75) is 11.3 Å². The molecule has 0 radical (unpaired) electrons. The smallest absolute Gasteiger partial charge is 0.239 e. The van der Waals surface area contributed by atoms with Gasteiger partial charge in [-0.05, 0) is 63.5 Å². The van der Waals surface area contributed by atoms with Crippen LogP contribution >= 0.6 is 47.1 Å². The number of rotatable bonds is 8. The van der Waals surface area contributed by atoms with Gasteiger partial charge in [-0.2, -0.15) is 0 Å². The topological polar surface area (TPSA) is 36.4 Å². The number of nitrogens with zero attached hydrogens (tertiary/aromatic N) is 3. The van der Waals surface area contributed by atoms with Crippen molar-refractivity contribution in [2.24, 2.45) is 0 Å². The number of para-hydroxylation sites is 1. The van der Waals surface area contributed by atoms with Crippen LogP contribution in [0, 0.1) is 0 Å². The van der Waals surface area contributed by atoms with Crippen LogP contribution in [-0.2, 0) is 4.79 Å². The monoisotopic (exact) mass is 455 g/mol. The van der Waals surface area contributed by atoms with Gasteiger partial charge >= 0.3 is 0 Å². The van der Waals surface area contributed by atoms with Crippen molar-refractivity contribution in [3.8, 4) is 0 Å². The van der Waals surface area contributed by atoms with E-state index < -0.39 is 0 Å². The van der Waals surface area contributed by atoms with Gasteiger partial charge in [0.25, 0.3) is 0 Å². The molecule has 4 nitrogen and oxygen atoms in total. The number of hydrogen-bond acceptors (Lipinski definition) is 5. The summed E-state index contributed by atoms with van der Waals surface area (Å²) < 4.78 is 1.10. The number of fused-ring (bicyclic) bond motifs is 1. The van der Waals surface area contributed by atoms with Crippen molar-refractivity contribution >= 4 is 68.4 Å². The highest BCUT2D eigenvalue weighted by Crippen LogP contribution is 2.30. The van der Waals surface area contributed by atoms with Crippen LogP contribution in [-0.4, -0.2) is 48.7 Å². The maximum atomic E-state index is 13.0. The normalized spacial score (nSPS) is 10.9. The van der Waals surface area contributed by atoms with E-state index >= 15 is 0 Å². The van der Waals surface area contributed by atoms with Gasteiger partial charge in [0.1, 0.15) is 0 Å². The van der Waals surface area contributed by atoms with E-state index in [1.807, 2.05) is 67.5 Å². The first-order valence-corrected chi connectivity index (χ1v) is 10.9. The van der Waals surface area contributed by atoms with Crippen molar-refractivity contribution in [1.29, 1.82) is 0 Å². The molecule has 8 heteroatoms. The number of benzene rings is 2. The summed E-state index contributed by atoms with van der Waals surface area (Å²) in [5, 5.41) is 1.47. The fraction of sp³-hybridized carbons (Fsp3) is 0.300. The highest BCUT2D eigenvalue weighted by molar-refractivity contribution is 8.00. The Balaban J connectivity index is 0.00000280. The van der Waals surface area contributed by atoms with Gasteiger partial charge in [0.2, 0.25) is 5.91 Å². The second kappa shape index (κ2) is 11.0. The molecular formula is C20H23Cl2N3OS2. The van der Waals surface area contributed by atoms with Gasteiger partial charge in [-0.1, -0.05) is 35.1 Å². The molecule has 0 aliphatic carbocycles. The van der Waals surface area contributed by atoms with Crippen LogP contribution in [0.25, 0.3) is 10.2 Å². The number of carbonyl (C=O) groups excluding carboxylic acids is 1. The Morgan fingerprint density at radius 2 is 1.82 bits per heavy atom. The van der Waals surface area contributed by atoms with Gasteiger partial charge in [0.05, 0.1) is 16.0 Å². The van der Waals surface area contributed by atoms with Crippen LogP contribution in [0.2, 0.25) is 5.02 Å². The van der Waals surface area contributed by atoms with Gasteiger partial charge in [-0.15, -0.1) is 24.2 Å². The lowest BCUT2D eigenvalue weighted by atomic mass is 10.3. The maximum absolute atomic E-state index is 13.0. The number of hydrogen-bond donors (Lipinski definition) is 0. The first kappa shape index (κ1) is 23.0. The summed E-state index contributed by atoms with van der Waals surface area (Å²) in [5.41, 5.74) is 0.938. The van der Waals surface area contributed by atoms with Crippen molar-refractivity contribution < 1.29 is 4.79 Å². The van der Waals surface area contributed by atoms with Crippen molar-refractivity contribution in [3.05, 3.63) is 53.6 Å². The van der Waals surface area contributed by atoms with E-state index in [1.54, 1.807) is 11.3 Å². The van der Waals surface area contributed by atoms with Gasteiger partial charge in [-0.25, -0.2) is 4.98 Å². The van der Waals surface area contributed by atoms with E-state index in [2.05, 4.69) is 9.88 Å². The third-order valence-corrected chi connectivity index (χ3v) is 6.29. The molecule has 1 heterocycles. The number of amides is 1. The molecule has 28 heavy (non-hydrogen) atoms. The van der Waals surface area contributed by atoms with Crippen LogP contribution in [0.3, 0.4) is 0 Å². The lowest BCUT2D eigenvalue weighted by Crippen LogP contribution is -2.34. The zero-order valence-corrected chi connectivity index (χ0v) is 19.0. The third kappa shape index (κ3) is 6.36. The average Bonchev–Trinajstić information content (AvgIpc) is 3.08. The van der Waals surface area contributed by atoms with Gasteiger partial charge < -0.3 is 4.90 Å². The molecule has 150 valence electrons. The third-order valence-electron chi connectivity index (χ3n) is 3.98. The molecule has 0 spiro atoms. The summed E-state index contributed by atoms with van der Waals surface area (Å²) in [6.45, 7) is 1.59. The SMILES string of the molecule is CN(C)CCCN(C(=O)CSc1ccc(Cl)cc1)c1nc2ccccc2s1.Cl. The Morgan fingerprint density at radius 3 is 2.50 bits per heavy atom. The van der Waals surface area contributed by atoms with Gasteiger partial charge in [0, 0.05) is 16.5 Å². The standard InChI is InChI=1S/C20H22ClN3OS2.ClH/c1-23(2)12-5-13-24(20-22-17-6-3-4-7-18(17)27-20)19(25)14-26-16-10-8-15(21)9-11-16;/h3-4,6-11H,5,12-14H2,1-2H3;1H. The average molecular weight is 456 g/mol. The Kier molecular flexibility index (Phi) is 9.05. The first-order valence-electron chi connectivity index (χ1n) is 8.72. The van der Waals surface area contributed by atoms with Crippen molar-refractivity contribution in [1.82, 2.24) is 9.88 Å². The molecule has 3 aromatic rings. The summed E-state index contributed by atoms with van der Waals surface area (Å²) >= 11 is 9.02. The minimum absolute atomic E-state index is 0. The quantitative estimate of drug-likeness (QED) is 0.423. The molecule has 2 aromatic carbocycles. The van der Waals surface area contributed by atoms with Crippen molar-refractivity contribution in [2.75, 3.05) is 37.8 Å². The second-order valence-electron chi connectivity index (χ2n) is 6.41. The number of carbonyl (C=O) groups is 1. The largest absolute Gasteiger partial charge is 0.309 e. The number of anilines is 1. The Morgan fingerprint density at radius 1 is 1.11 bits per heavy atom. The molecule has 1 aromatic heterocycles.